The summed E-state index contributed by atoms with van der Waals surface area (Å²) in [6.45, 7) is 0.130. The van der Waals surface area contributed by atoms with Gasteiger partial charge in [0.1, 0.15) is 6.26 Å². The molecule has 4 heteroatoms. The first-order valence-corrected chi connectivity index (χ1v) is 2.90. The number of ether oxygens (including phenoxy) is 1. The molecule has 1 rings (SSSR count). The van der Waals surface area contributed by atoms with Crippen LogP contribution in [0.4, 0.5) is 4.39 Å². The molecule has 0 saturated heterocycles. The average Bonchev–Trinajstić information content (AvgIpc) is 1.94. The Hall–Kier alpha value is -0.400. The van der Waals surface area contributed by atoms with Crippen LogP contribution in [-0.4, -0.2) is 12.6 Å². The van der Waals surface area contributed by atoms with Crippen LogP contribution in [0.5, 0.6) is 0 Å². The van der Waals surface area contributed by atoms with Gasteiger partial charge in [-0.15, -0.1) is 0 Å². The van der Waals surface area contributed by atoms with E-state index in [2.05, 4.69) is 9.26 Å². The van der Waals surface area contributed by atoms with E-state index in [9.17, 15) is 4.39 Å². The Balaban J connectivity index is 2.55. The van der Waals surface area contributed by atoms with E-state index >= 15 is 0 Å². The summed E-state index contributed by atoms with van der Waals surface area (Å²) in [7, 11) is 0.506. The van der Waals surface area contributed by atoms with Crippen molar-refractivity contribution in [2.24, 2.45) is 0 Å². The largest absolute Gasteiger partial charge is 0.471 e. The number of rotatable bonds is 0. The van der Waals surface area contributed by atoms with Crippen LogP contribution in [0.1, 0.15) is 0 Å². The Morgan fingerprint density at radius 2 is 2.62 bits per heavy atom. The molecule has 0 atom stereocenters. The Kier molecular flexibility index (Phi) is 2.00. The van der Waals surface area contributed by atoms with Gasteiger partial charge in [0.2, 0.25) is 0 Å². The molecule has 0 radical (unpaired) electrons. The van der Waals surface area contributed by atoms with Gasteiger partial charge in [0.25, 0.3) is 0 Å². The van der Waals surface area contributed by atoms with E-state index in [4.69, 9.17) is 0 Å². The third-order valence-electron chi connectivity index (χ3n) is 0.567. The van der Waals surface area contributed by atoms with E-state index in [0.29, 0.717) is 8.43 Å². The minimum Gasteiger partial charge on any atom is -0.471 e. The van der Waals surface area contributed by atoms with Crippen LogP contribution in [0.15, 0.2) is 12.1 Å². The number of hydrogen-bond acceptors (Lipinski definition) is 2. The van der Waals surface area contributed by atoms with Crippen molar-refractivity contribution in [1.29, 1.82) is 0 Å². The summed E-state index contributed by atoms with van der Waals surface area (Å²) in [6.07, 6.45) is 1.03. The highest BCUT2D eigenvalue weighted by molar-refractivity contribution is 7.33. The van der Waals surface area contributed by atoms with Crippen molar-refractivity contribution in [2.45, 2.75) is 0 Å². The zero-order valence-electron chi connectivity index (χ0n) is 4.00. The molecule has 0 unspecified atom stereocenters. The van der Waals surface area contributed by atoms with Crippen molar-refractivity contribution < 1.29 is 13.7 Å². The lowest BCUT2D eigenvalue weighted by atomic mass is 10.7. The van der Waals surface area contributed by atoms with Gasteiger partial charge in [0.05, 0.1) is 8.43 Å². The zero-order chi connectivity index (χ0) is 5.82. The molecule has 0 spiro atoms. The SMILES string of the molecule is FC1=COCOP=C1. The highest BCUT2D eigenvalue weighted by Crippen LogP contribution is 2.07. The molecule has 0 aromatic carbocycles. The maximum atomic E-state index is 12.0. The fourth-order valence-electron chi connectivity index (χ4n) is 0.293. The molecule has 1 aliphatic heterocycles. The van der Waals surface area contributed by atoms with Crippen LogP contribution >= 0.6 is 8.43 Å². The Labute approximate surface area is 47.8 Å². The van der Waals surface area contributed by atoms with Gasteiger partial charge in [-0.3, -0.25) is 4.52 Å². The molecular formula is C4H4FO2P. The molecule has 44 valence electrons. The van der Waals surface area contributed by atoms with E-state index in [1.807, 2.05) is 0 Å². The Bertz CT molecular complexity index is 132. The molecule has 0 aromatic heterocycles. The number of halogens is 1. The van der Waals surface area contributed by atoms with Crippen LogP contribution in [0.3, 0.4) is 0 Å². The lowest BCUT2D eigenvalue weighted by Crippen LogP contribution is -1.82. The van der Waals surface area contributed by atoms with Gasteiger partial charge in [-0.25, -0.2) is 4.39 Å². The molecule has 0 amide bonds. The smallest absolute Gasteiger partial charge is 0.197 e. The van der Waals surface area contributed by atoms with Crippen molar-refractivity contribution in [3.8, 4) is 0 Å². The number of allylic oxidation sites excluding steroid dienone is 1. The minimum absolute atomic E-state index is 0.130. The molecule has 1 aliphatic rings. The first kappa shape index (κ1) is 5.73. The van der Waals surface area contributed by atoms with E-state index < -0.39 is 0 Å². The third kappa shape index (κ3) is 1.60. The van der Waals surface area contributed by atoms with Gasteiger partial charge in [-0.2, -0.15) is 0 Å². The number of hydrogen-bond donors (Lipinski definition) is 0. The molecule has 0 bridgehead atoms. The monoisotopic (exact) mass is 134 g/mol. The summed E-state index contributed by atoms with van der Waals surface area (Å²) in [6, 6.07) is 0. The Morgan fingerprint density at radius 1 is 1.75 bits per heavy atom. The van der Waals surface area contributed by atoms with Gasteiger partial charge in [-0.05, 0) is 0 Å². The molecule has 2 nitrogen and oxygen atoms in total. The highest BCUT2D eigenvalue weighted by Gasteiger charge is 1.92. The molecule has 0 saturated carbocycles. The summed E-state index contributed by atoms with van der Waals surface area (Å²) in [5.74, 6) is 0.900. The molecule has 0 aliphatic carbocycles. The standard InChI is InChI=1S/C4H4FO2P/c5-4-1-6-3-7-8-2-4/h1-2H,3H2. The summed E-state index contributed by atoms with van der Waals surface area (Å²) < 4.78 is 21.2. The summed E-state index contributed by atoms with van der Waals surface area (Å²) in [5.41, 5.74) is 0. The van der Waals surface area contributed by atoms with Gasteiger partial charge < -0.3 is 4.74 Å². The van der Waals surface area contributed by atoms with E-state index in [-0.39, 0.29) is 12.6 Å². The molecule has 0 aromatic rings. The second-order valence-electron chi connectivity index (χ2n) is 1.15. The van der Waals surface area contributed by atoms with Crippen LogP contribution in [-0.2, 0) is 9.26 Å². The fraction of sp³-hybridized carbons (Fsp3) is 0.250. The van der Waals surface area contributed by atoms with Crippen molar-refractivity contribution >= 4 is 14.2 Å². The normalized spacial score (nSPS) is 20.9. The quantitative estimate of drug-likeness (QED) is 0.467. The Morgan fingerprint density at radius 3 is 3.50 bits per heavy atom. The lowest BCUT2D eigenvalue weighted by molar-refractivity contribution is 0.0955. The van der Waals surface area contributed by atoms with Crippen LogP contribution in [0.25, 0.3) is 0 Å². The van der Waals surface area contributed by atoms with Crippen LogP contribution in [0.2, 0.25) is 0 Å². The first-order chi connectivity index (χ1) is 3.89. The molecule has 1 heterocycles. The zero-order valence-corrected chi connectivity index (χ0v) is 4.90. The summed E-state index contributed by atoms with van der Waals surface area (Å²) in [4.78, 5) is 0. The highest BCUT2D eigenvalue weighted by atomic mass is 31.1. The molecule has 8 heavy (non-hydrogen) atoms. The van der Waals surface area contributed by atoms with Gasteiger partial charge in [0.15, 0.2) is 12.6 Å². The van der Waals surface area contributed by atoms with E-state index in [1.54, 1.807) is 0 Å². The topological polar surface area (TPSA) is 18.5 Å². The molecule has 0 fully saturated rings. The summed E-state index contributed by atoms with van der Waals surface area (Å²) >= 11 is 0. The van der Waals surface area contributed by atoms with Crippen molar-refractivity contribution in [3.63, 3.8) is 0 Å². The fourth-order valence-corrected chi connectivity index (χ4v) is 0.650. The van der Waals surface area contributed by atoms with E-state index in [0.717, 1.165) is 6.26 Å². The lowest BCUT2D eigenvalue weighted by Gasteiger charge is -1.90. The maximum Gasteiger partial charge on any atom is 0.197 e. The average molecular weight is 134 g/mol. The van der Waals surface area contributed by atoms with Crippen molar-refractivity contribution in [3.05, 3.63) is 12.1 Å². The molecule has 0 N–H and O–H groups in total. The second kappa shape index (κ2) is 2.80. The predicted octanol–water partition coefficient (Wildman–Crippen LogP) is 1.47. The van der Waals surface area contributed by atoms with Gasteiger partial charge >= 0.3 is 0 Å². The minimum atomic E-state index is -0.385. The van der Waals surface area contributed by atoms with E-state index in [1.165, 1.54) is 5.80 Å². The van der Waals surface area contributed by atoms with Crippen molar-refractivity contribution in [1.82, 2.24) is 0 Å². The maximum absolute atomic E-state index is 12.0. The predicted molar refractivity (Wildman–Crippen MR) is 29.2 cm³/mol. The van der Waals surface area contributed by atoms with Crippen molar-refractivity contribution in [2.75, 3.05) is 6.79 Å². The van der Waals surface area contributed by atoms with Gasteiger partial charge in [0, 0.05) is 5.80 Å². The van der Waals surface area contributed by atoms with Gasteiger partial charge in [-0.1, -0.05) is 0 Å². The summed E-state index contributed by atoms with van der Waals surface area (Å²) in [5, 5.41) is 0. The third-order valence-corrected chi connectivity index (χ3v) is 1.17. The first-order valence-electron chi connectivity index (χ1n) is 2.02. The second-order valence-corrected chi connectivity index (χ2v) is 1.88. The van der Waals surface area contributed by atoms with Crippen LogP contribution in [0, 0.1) is 0 Å². The van der Waals surface area contributed by atoms with Crippen LogP contribution < -0.4 is 0 Å². The molecular weight excluding hydrogens is 130 g/mol.